The minimum Gasteiger partial charge on any atom is -0.325 e. The first-order valence-electron chi connectivity index (χ1n) is 8.59. The van der Waals surface area contributed by atoms with Crippen molar-refractivity contribution in [3.63, 3.8) is 0 Å². The van der Waals surface area contributed by atoms with E-state index in [9.17, 15) is 27.2 Å². The summed E-state index contributed by atoms with van der Waals surface area (Å²) in [4.78, 5) is 26.3. The van der Waals surface area contributed by atoms with E-state index in [1.165, 1.54) is 6.07 Å². The van der Waals surface area contributed by atoms with E-state index in [1.807, 2.05) is 0 Å². The van der Waals surface area contributed by atoms with Gasteiger partial charge in [-0.1, -0.05) is 12.1 Å². The molecule has 1 aliphatic heterocycles. The lowest BCUT2D eigenvalue weighted by molar-refractivity contribution is -0.140. The van der Waals surface area contributed by atoms with Crippen molar-refractivity contribution >= 4 is 23.3 Å². The highest BCUT2D eigenvalue weighted by Crippen LogP contribution is 2.32. The Bertz CT molecular complexity index is 893. The molecular weight excluding hydrogens is 378 g/mol. The van der Waals surface area contributed by atoms with Crippen LogP contribution in [-0.2, 0) is 6.18 Å². The van der Waals surface area contributed by atoms with Crippen LogP contribution in [0.4, 0.5) is 33.7 Å². The molecule has 0 aliphatic carbocycles. The van der Waals surface area contributed by atoms with E-state index < -0.39 is 23.5 Å². The van der Waals surface area contributed by atoms with E-state index in [-0.39, 0.29) is 17.3 Å². The second-order valence-electron chi connectivity index (χ2n) is 6.32. The predicted octanol–water partition coefficient (Wildman–Crippen LogP) is 4.72. The van der Waals surface area contributed by atoms with Crippen LogP contribution in [-0.4, -0.2) is 29.9 Å². The first kappa shape index (κ1) is 19.7. The number of carbonyl (C=O) groups is 2. The lowest BCUT2D eigenvalue weighted by Gasteiger charge is -2.18. The number of rotatable bonds is 3. The fraction of sp³-hybridized carbons (Fsp3) is 0.263. The van der Waals surface area contributed by atoms with E-state index in [2.05, 4.69) is 10.6 Å². The number of nitrogens with one attached hydrogen (secondary N) is 2. The van der Waals surface area contributed by atoms with Crippen LogP contribution in [0, 0.1) is 5.82 Å². The largest absolute Gasteiger partial charge is 0.419 e. The highest BCUT2D eigenvalue weighted by molar-refractivity contribution is 6.07. The van der Waals surface area contributed by atoms with Gasteiger partial charge >= 0.3 is 12.2 Å². The highest BCUT2D eigenvalue weighted by atomic mass is 19.4. The molecule has 1 fully saturated rings. The number of hydrogen-bond donors (Lipinski definition) is 2. The summed E-state index contributed by atoms with van der Waals surface area (Å²) < 4.78 is 52.0. The summed E-state index contributed by atoms with van der Waals surface area (Å²) in [5, 5.41) is 5.15. The van der Waals surface area contributed by atoms with Crippen molar-refractivity contribution in [3.8, 4) is 0 Å². The molecule has 148 valence electrons. The molecule has 3 amide bonds. The Kier molecular flexibility index (Phi) is 5.53. The van der Waals surface area contributed by atoms with Gasteiger partial charge in [-0.25, -0.2) is 9.18 Å². The number of nitrogens with zero attached hydrogens (tertiary/aromatic N) is 1. The zero-order valence-corrected chi connectivity index (χ0v) is 14.6. The summed E-state index contributed by atoms with van der Waals surface area (Å²) in [7, 11) is 0. The van der Waals surface area contributed by atoms with Crippen molar-refractivity contribution in [3.05, 3.63) is 59.4 Å². The summed E-state index contributed by atoms with van der Waals surface area (Å²) >= 11 is 0. The van der Waals surface area contributed by atoms with Crippen LogP contribution < -0.4 is 10.6 Å². The highest BCUT2D eigenvalue weighted by Gasteiger charge is 2.34. The van der Waals surface area contributed by atoms with Crippen LogP contribution in [0.3, 0.4) is 0 Å². The fourth-order valence-corrected chi connectivity index (χ4v) is 2.89. The number of amides is 3. The molecule has 0 aromatic heterocycles. The molecule has 0 unspecified atom stereocenters. The van der Waals surface area contributed by atoms with Gasteiger partial charge in [0.15, 0.2) is 0 Å². The third-order valence-corrected chi connectivity index (χ3v) is 4.34. The number of carbonyl (C=O) groups excluding carboxylic acids is 2. The van der Waals surface area contributed by atoms with Crippen molar-refractivity contribution in [2.45, 2.75) is 19.0 Å². The quantitative estimate of drug-likeness (QED) is 0.739. The molecule has 0 spiro atoms. The number of hydrogen-bond acceptors (Lipinski definition) is 2. The molecule has 0 radical (unpaired) electrons. The van der Waals surface area contributed by atoms with Gasteiger partial charge in [0.05, 0.1) is 16.9 Å². The second-order valence-corrected chi connectivity index (χ2v) is 6.32. The number of alkyl halides is 3. The normalized spacial score (nSPS) is 14.1. The Hall–Kier alpha value is -3.10. The first-order valence-corrected chi connectivity index (χ1v) is 8.59. The van der Waals surface area contributed by atoms with Crippen LogP contribution in [0.25, 0.3) is 0 Å². The minimum atomic E-state index is -4.91. The van der Waals surface area contributed by atoms with Crippen LogP contribution >= 0.6 is 0 Å². The molecule has 28 heavy (non-hydrogen) atoms. The van der Waals surface area contributed by atoms with E-state index in [0.717, 1.165) is 18.9 Å². The number of urea groups is 1. The molecule has 5 nitrogen and oxygen atoms in total. The summed E-state index contributed by atoms with van der Waals surface area (Å²) in [5.41, 5.74) is -1.34. The number of anilines is 2. The average Bonchev–Trinajstić information content (AvgIpc) is 3.17. The van der Waals surface area contributed by atoms with E-state index >= 15 is 0 Å². The van der Waals surface area contributed by atoms with E-state index in [0.29, 0.717) is 30.9 Å². The van der Waals surface area contributed by atoms with Crippen molar-refractivity contribution in [1.82, 2.24) is 4.90 Å². The molecule has 0 atom stereocenters. The van der Waals surface area contributed by atoms with Gasteiger partial charge in [0.2, 0.25) is 0 Å². The Labute approximate surface area is 158 Å². The molecule has 3 rings (SSSR count). The lowest BCUT2D eigenvalue weighted by atomic mass is 10.1. The smallest absolute Gasteiger partial charge is 0.325 e. The SMILES string of the molecule is O=C(Nc1ccccc1NC(=O)N1CCCC1)c1ccc(F)c(C(F)(F)F)c1. The third-order valence-electron chi connectivity index (χ3n) is 4.34. The first-order chi connectivity index (χ1) is 13.3. The van der Waals surface area contributed by atoms with Gasteiger partial charge < -0.3 is 15.5 Å². The molecular formula is C19H17F4N3O2. The molecule has 1 saturated heterocycles. The fourth-order valence-electron chi connectivity index (χ4n) is 2.89. The monoisotopic (exact) mass is 395 g/mol. The minimum absolute atomic E-state index is 0.220. The van der Waals surface area contributed by atoms with Crippen molar-refractivity contribution < 1.29 is 27.2 Å². The van der Waals surface area contributed by atoms with Crippen molar-refractivity contribution in [2.75, 3.05) is 23.7 Å². The topological polar surface area (TPSA) is 61.4 Å². The van der Waals surface area contributed by atoms with Crippen LogP contribution in [0.2, 0.25) is 0 Å². The Morgan fingerprint density at radius 1 is 0.929 bits per heavy atom. The average molecular weight is 395 g/mol. The maximum Gasteiger partial charge on any atom is 0.419 e. The standard InChI is InChI=1S/C19H17F4N3O2/c20-14-8-7-12(11-13(14)19(21,22)23)17(27)24-15-5-1-2-6-16(15)25-18(28)26-9-3-4-10-26/h1-2,5-8,11H,3-4,9-10H2,(H,24,27)(H,25,28). The van der Waals surface area contributed by atoms with Crippen molar-refractivity contribution in [2.24, 2.45) is 0 Å². The maximum absolute atomic E-state index is 13.4. The van der Waals surface area contributed by atoms with Crippen LogP contribution in [0.5, 0.6) is 0 Å². The van der Waals surface area contributed by atoms with E-state index in [4.69, 9.17) is 0 Å². The zero-order valence-electron chi connectivity index (χ0n) is 14.6. The number of halogens is 4. The molecule has 0 saturated carbocycles. The summed E-state index contributed by atoms with van der Waals surface area (Å²) in [6.07, 6.45) is -3.09. The summed E-state index contributed by atoms with van der Waals surface area (Å²) in [6, 6.07) is 8.02. The van der Waals surface area contributed by atoms with Crippen molar-refractivity contribution in [1.29, 1.82) is 0 Å². The lowest BCUT2D eigenvalue weighted by Crippen LogP contribution is -2.32. The van der Waals surface area contributed by atoms with E-state index in [1.54, 1.807) is 23.1 Å². The van der Waals surface area contributed by atoms with Gasteiger partial charge in [0.1, 0.15) is 5.82 Å². The molecule has 0 bridgehead atoms. The van der Waals surface area contributed by atoms with Crippen LogP contribution in [0.15, 0.2) is 42.5 Å². The molecule has 2 aromatic carbocycles. The predicted molar refractivity (Wildman–Crippen MR) is 95.6 cm³/mol. The third kappa shape index (κ3) is 4.41. The number of benzene rings is 2. The summed E-state index contributed by atoms with van der Waals surface area (Å²) in [6.45, 7) is 1.27. The Morgan fingerprint density at radius 2 is 1.54 bits per heavy atom. The van der Waals surface area contributed by atoms with Crippen LogP contribution in [0.1, 0.15) is 28.8 Å². The maximum atomic E-state index is 13.4. The molecule has 9 heteroatoms. The number of para-hydroxylation sites is 2. The number of likely N-dealkylation sites (tertiary alicyclic amines) is 1. The molecule has 1 aliphatic rings. The summed E-state index contributed by atoms with van der Waals surface area (Å²) in [5.74, 6) is -2.31. The van der Waals surface area contributed by atoms with Gasteiger partial charge in [-0.2, -0.15) is 13.2 Å². The van der Waals surface area contributed by atoms with Gasteiger partial charge in [0, 0.05) is 18.7 Å². The van der Waals surface area contributed by atoms with Gasteiger partial charge in [-0.05, 0) is 43.2 Å². The Balaban J connectivity index is 1.79. The second kappa shape index (κ2) is 7.87. The Morgan fingerprint density at radius 3 is 2.14 bits per heavy atom. The van der Waals surface area contributed by atoms with Gasteiger partial charge in [-0.3, -0.25) is 4.79 Å². The van der Waals surface area contributed by atoms with Gasteiger partial charge in [0.25, 0.3) is 5.91 Å². The molecule has 2 N–H and O–H groups in total. The molecule has 2 aromatic rings. The zero-order chi connectivity index (χ0) is 20.3. The molecule has 1 heterocycles. The van der Waals surface area contributed by atoms with Gasteiger partial charge in [-0.15, -0.1) is 0 Å².